The SMILES string of the molecule is C=C[C@@H]1CN2CC[C@H]1C[C@@H]2CNS(=O)(=O)c1ccc2ccccc2c1. The summed E-state index contributed by atoms with van der Waals surface area (Å²) in [5.74, 6) is 1.21. The molecule has 3 aliphatic rings. The van der Waals surface area contributed by atoms with Gasteiger partial charge in [0.1, 0.15) is 0 Å². The molecule has 4 atom stereocenters. The van der Waals surface area contributed by atoms with Crippen LogP contribution in [0.5, 0.6) is 0 Å². The van der Waals surface area contributed by atoms with Crippen LogP contribution in [0.1, 0.15) is 12.8 Å². The number of hydrogen-bond donors (Lipinski definition) is 1. The van der Waals surface area contributed by atoms with Crippen LogP contribution in [0.2, 0.25) is 0 Å². The second kappa shape index (κ2) is 6.56. The number of nitrogens with one attached hydrogen (secondary N) is 1. The Morgan fingerprint density at radius 2 is 2.00 bits per heavy atom. The van der Waals surface area contributed by atoms with Gasteiger partial charge in [0.2, 0.25) is 10.0 Å². The summed E-state index contributed by atoms with van der Waals surface area (Å²) in [6, 6.07) is 13.4. The van der Waals surface area contributed by atoms with E-state index in [2.05, 4.69) is 22.3 Å². The van der Waals surface area contributed by atoms with Crippen molar-refractivity contribution in [3.63, 3.8) is 0 Å². The molecule has 0 spiro atoms. The predicted octanol–water partition coefficient (Wildman–Crippen LogP) is 3.01. The lowest BCUT2D eigenvalue weighted by atomic mass is 9.76. The van der Waals surface area contributed by atoms with Crippen molar-refractivity contribution in [2.45, 2.75) is 23.8 Å². The molecule has 3 saturated heterocycles. The van der Waals surface area contributed by atoms with E-state index in [0.29, 0.717) is 29.3 Å². The number of sulfonamides is 1. The van der Waals surface area contributed by atoms with Crippen molar-refractivity contribution < 1.29 is 8.42 Å². The quantitative estimate of drug-likeness (QED) is 0.838. The van der Waals surface area contributed by atoms with Gasteiger partial charge in [-0.1, -0.05) is 36.4 Å². The Morgan fingerprint density at radius 3 is 2.72 bits per heavy atom. The molecule has 1 unspecified atom stereocenters. The van der Waals surface area contributed by atoms with Crippen LogP contribution in [0.25, 0.3) is 10.8 Å². The molecular weight excluding hydrogens is 332 g/mol. The van der Waals surface area contributed by atoms with Crippen LogP contribution >= 0.6 is 0 Å². The second-order valence-electron chi connectivity index (χ2n) is 7.19. The number of rotatable bonds is 5. The van der Waals surface area contributed by atoms with Gasteiger partial charge in [-0.15, -0.1) is 6.58 Å². The highest BCUT2D eigenvalue weighted by molar-refractivity contribution is 7.89. The maximum Gasteiger partial charge on any atom is 0.240 e. The van der Waals surface area contributed by atoms with Gasteiger partial charge in [0, 0.05) is 19.1 Å². The molecule has 2 aromatic carbocycles. The normalized spacial score (nSPS) is 29.0. The molecule has 0 radical (unpaired) electrons. The van der Waals surface area contributed by atoms with E-state index in [9.17, 15) is 8.42 Å². The first-order valence-corrected chi connectivity index (χ1v) is 10.4. The number of piperidine rings is 3. The molecule has 5 rings (SSSR count). The fourth-order valence-electron chi connectivity index (χ4n) is 4.28. The molecule has 0 aliphatic carbocycles. The van der Waals surface area contributed by atoms with Crippen LogP contribution in [0.15, 0.2) is 60.0 Å². The van der Waals surface area contributed by atoms with Gasteiger partial charge in [0.05, 0.1) is 4.90 Å². The fourth-order valence-corrected chi connectivity index (χ4v) is 5.39. The van der Waals surface area contributed by atoms with Crippen molar-refractivity contribution in [1.82, 2.24) is 9.62 Å². The number of nitrogens with zero attached hydrogens (tertiary/aromatic N) is 1. The van der Waals surface area contributed by atoms with E-state index in [4.69, 9.17) is 0 Å². The summed E-state index contributed by atoms with van der Waals surface area (Å²) in [4.78, 5) is 2.75. The predicted molar refractivity (Wildman–Crippen MR) is 101 cm³/mol. The Hall–Kier alpha value is -1.69. The van der Waals surface area contributed by atoms with E-state index in [1.165, 1.54) is 6.42 Å². The maximum absolute atomic E-state index is 12.7. The summed E-state index contributed by atoms with van der Waals surface area (Å²) in [6.07, 6.45) is 4.31. The summed E-state index contributed by atoms with van der Waals surface area (Å²) in [6.45, 7) is 6.50. The molecule has 1 N–H and O–H groups in total. The van der Waals surface area contributed by atoms with Crippen molar-refractivity contribution in [2.75, 3.05) is 19.6 Å². The highest BCUT2D eigenvalue weighted by atomic mass is 32.2. The van der Waals surface area contributed by atoms with Gasteiger partial charge >= 0.3 is 0 Å². The van der Waals surface area contributed by atoms with Crippen LogP contribution in [0.3, 0.4) is 0 Å². The van der Waals surface area contributed by atoms with E-state index in [1.54, 1.807) is 12.1 Å². The summed E-state index contributed by atoms with van der Waals surface area (Å²) in [5.41, 5.74) is 0. The highest BCUT2D eigenvalue weighted by Gasteiger charge is 2.38. The maximum atomic E-state index is 12.7. The molecule has 3 fully saturated rings. The molecule has 25 heavy (non-hydrogen) atoms. The van der Waals surface area contributed by atoms with Crippen LogP contribution < -0.4 is 4.72 Å². The third-order valence-electron chi connectivity index (χ3n) is 5.77. The minimum Gasteiger partial charge on any atom is -0.298 e. The first-order valence-electron chi connectivity index (χ1n) is 8.92. The smallest absolute Gasteiger partial charge is 0.240 e. The zero-order valence-corrected chi connectivity index (χ0v) is 15.1. The molecule has 2 aromatic rings. The fraction of sp³-hybridized carbons (Fsp3) is 0.400. The van der Waals surface area contributed by atoms with Crippen LogP contribution in [0.4, 0.5) is 0 Å². The third kappa shape index (κ3) is 3.24. The van der Waals surface area contributed by atoms with Crippen molar-refractivity contribution in [2.24, 2.45) is 11.8 Å². The topological polar surface area (TPSA) is 49.4 Å². The summed E-state index contributed by atoms with van der Waals surface area (Å²) < 4.78 is 28.2. The molecule has 3 heterocycles. The van der Waals surface area contributed by atoms with Crippen LogP contribution in [-0.4, -0.2) is 39.0 Å². The largest absolute Gasteiger partial charge is 0.298 e. The highest BCUT2D eigenvalue weighted by Crippen LogP contribution is 2.36. The Kier molecular flexibility index (Phi) is 4.40. The lowest BCUT2D eigenvalue weighted by Gasteiger charge is -2.49. The molecule has 2 bridgehead atoms. The van der Waals surface area contributed by atoms with E-state index in [0.717, 1.165) is 30.3 Å². The van der Waals surface area contributed by atoms with Crippen molar-refractivity contribution in [1.29, 1.82) is 0 Å². The Morgan fingerprint density at radius 1 is 1.20 bits per heavy atom. The van der Waals surface area contributed by atoms with Gasteiger partial charge in [-0.3, -0.25) is 4.90 Å². The monoisotopic (exact) mass is 356 g/mol. The van der Waals surface area contributed by atoms with Crippen LogP contribution in [-0.2, 0) is 10.0 Å². The molecule has 4 nitrogen and oxygen atoms in total. The van der Waals surface area contributed by atoms with E-state index >= 15 is 0 Å². The molecule has 3 aliphatic heterocycles. The minimum atomic E-state index is -3.48. The van der Waals surface area contributed by atoms with Gasteiger partial charge in [0.25, 0.3) is 0 Å². The van der Waals surface area contributed by atoms with Crippen molar-refractivity contribution in [3.05, 3.63) is 55.1 Å². The van der Waals surface area contributed by atoms with E-state index in [1.807, 2.05) is 30.3 Å². The molecule has 132 valence electrons. The Labute approximate surface area is 149 Å². The Bertz CT molecular complexity index is 893. The Balaban J connectivity index is 1.47. The average Bonchev–Trinajstić information content (AvgIpc) is 2.66. The molecule has 0 aromatic heterocycles. The van der Waals surface area contributed by atoms with E-state index in [-0.39, 0.29) is 0 Å². The first kappa shape index (κ1) is 16.8. The summed E-state index contributed by atoms with van der Waals surface area (Å²) >= 11 is 0. The lowest BCUT2D eigenvalue weighted by Crippen LogP contribution is -2.56. The second-order valence-corrected chi connectivity index (χ2v) is 8.96. The zero-order chi connectivity index (χ0) is 17.4. The summed E-state index contributed by atoms with van der Waals surface area (Å²) in [7, 11) is -3.48. The standard InChI is InChI=1S/C20H24N2O2S/c1-2-15-14-22-10-9-18(15)11-19(22)13-21-25(23,24)20-8-7-16-5-3-4-6-17(16)12-20/h2-8,12,15,18-19,21H,1,9-11,13-14H2/t15-,18+,19-/m1/s1. The van der Waals surface area contributed by atoms with Crippen molar-refractivity contribution >= 4 is 20.8 Å². The molecule has 0 amide bonds. The van der Waals surface area contributed by atoms with Gasteiger partial charge in [-0.05, 0) is 54.1 Å². The van der Waals surface area contributed by atoms with Gasteiger partial charge < -0.3 is 0 Å². The average molecular weight is 356 g/mol. The minimum absolute atomic E-state index is 0.296. The molecule has 0 saturated carbocycles. The van der Waals surface area contributed by atoms with E-state index < -0.39 is 10.0 Å². The van der Waals surface area contributed by atoms with Gasteiger partial charge in [-0.2, -0.15) is 0 Å². The summed E-state index contributed by atoms with van der Waals surface area (Å²) in [5, 5.41) is 1.99. The van der Waals surface area contributed by atoms with Crippen molar-refractivity contribution in [3.8, 4) is 0 Å². The number of hydrogen-bond acceptors (Lipinski definition) is 3. The van der Waals surface area contributed by atoms with Gasteiger partial charge in [0.15, 0.2) is 0 Å². The van der Waals surface area contributed by atoms with Gasteiger partial charge in [-0.25, -0.2) is 13.1 Å². The first-order chi connectivity index (χ1) is 12.1. The number of fused-ring (bicyclic) bond motifs is 4. The third-order valence-corrected chi connectivity index (χ3v) is 7.19. The lowest BCUT2D eigenvalue weighted by molar-refractivity contribution is 0.0218. The molecular formula is C20H24N2O2S. The van der Waals surface area contributed by atoms with Crippen LogP contribution in [0, 0.1) is 11.8 Å². The molecule has 5 heteroatoms. The zero-order valence-electron chi connectivity index (χ0n) is 14.3. The number of benzene rings is 2.